The van der Waals surface area contributed by atoms with E-state index in [9.17, 15) is 0 Å². The van der Waals surface area contributed by atoms with E-state index in [0.717, 1.165) is 39.4 Å². The molecule has 0 amide bonds. The summed E-state index contributed by atoms with van der Waals surface area (Å²) in [6.07, 6.45) is 4.39. The third-order valence-corrected chi connectivity index (χ3v) is 4.77. The standard InChI is InChI=1S/C27H32N4O/c1-19(2)30-27(22-10-7-6-8-11-22)24(18-29)15-14-21(4)31-26(20(3)17-28)23-12-9-13-25(16-23)32-5/h6-13,16-18H,1,4,14-15,28-29H2,2-3,5H3/b20-17-,24-18-,30-27?,31-26?. The van der Waals surface area contributed by atoms with Gasteiger partial charge in [-0.05, 0) is 62.4 Å². The molecule has 0 atom stereocenters. The summed E-state index contributed by atoms with van der Waals surface area (Å²) >= 11 is 0. The smallest absolute Gasteiger partial charge is 0.119 e. The molecule has 0 bridgehead atoms. The van der Waals surface area contributed by atoms with E-state index in [0.29, 0.717) is 24.2 Å². The van der Waals surface area contributed by atoms with Crippen LogP contribution in [-0.4, -0.2) is 18.5 Å². The van der Waals surface area contributed by atoms with Crippen LogP contribution in [0.2, 0.25) is 0 Å². The van der Waals surface area contributed by atoms with E-state index in [1.165, 1.54) is 0 Å². The van der Waals surface area contributed by atoms with Crippen LogP contribution in [0.5, 0.6) is 5.75 Å². The van der Waals surface area contributed by atoms with Crippen LogP contribution in [0.15, 0.2) is 113 Å². The highest BCUT2D eigenvalue weighted by Gasteiger charge is 2.12. The number of rotatable bonds is 10. The van der Waals surface area contributed by atoms with Crippen LogP contribution in [-0.2, 0) is 0 Å². The van der Waals surface area contributed by atoms with Gasteiger partial charge in [0.15, 0.2) is 0 Å². The number of nitrogens with two attached hydrogens (primary N) is 2. The van der Waals surface area contributed by atoms with E-state index in [2.05, 4.69) is 18.2 Å². The topological polar surface area (TPSA) is 86.0 Å². The minimum Gasteiger partial charge on any atom is -0.497 e. The fraction of sp³-hybridized carbons (Fsp3) is 0.185. The second-order valence-electron chi connectivity index (χ2n) is 7.36. The molecule has 0 fully saturated rings. The molecule has 5 heteroatoms. The van der Waals surface area contributed by atoms with Gasteiger partial charge in [-0.1, -0.05) is 55.6 Å². The van der Waals surface area contributed by atoms with Gasteiger partial charge in [0.05, 0.1) is 18.5 Å². The Morgan fingerprint density at radius 3 is 2.16 bits per heavy atom. The van der Waals surface area contributed by atoms with Gasteiger partial charge in [-0.15, -0.1) is 0 Å². The Labute approximate surface area is 191 Å². The number of hydrogen-bond acceptors (Lipinski definition) is 5. The maximum Gasteiger partial charge on any atom is 0.119 e. The fourth-order valence-corrected chi connectivity index (χ4v) is 3.11. The molecule has 0 heterocycles. The lowest BCUT2D eigenvalue weighted by Gasteiger charge is -2.13. The molecule has 0 saturated carbocycles. The third kappa shape index (κ3) is 6.84. The molecule has 2 rings (SSSR count). The maximum atomic E-state index is 5.99. The van der Waals surface area contributed by atoms with Gasteiger partial charge in [0.2, 0.25) is 0 Å². The van der Waals surface area contributed by atoms with Crippen LogP contribution in [0.25, 0.3) is 0 Å². The van der Waals surface area contributed by atoms with E-state index in [1.54, 1.807) is 19.5 Å². The van der Waals surface area contributed by atoms with Gasteiger partial charge in [-0.2, -0.15) is 0 Å². The minimum atomic E-state index is 0.608. The molecule has 0 aromatic heterocycles. The Morgan fingerprint density at radius 2 is 1.56 bits per heavy atom. The average Bonchev–Trinajstić information content (AvgIpc) is 2.82. The lowest BCUT2D eigenvalue weighted by atomic mass is 9.98. The summed E-state index contributed by atoms with van der Waals surface area (Å²) in [5.74, 6) is 0.752. The Hall–Kier alpha value is -3.86. The molecular formula is C27H32N4O. The van der Waals surface area contributed by atoms with Crippen molar-refractivity contribution in [2.24, 2.45) is 21.5 Å². The molecule has 0 unspecified atom stereocenters. The van der Waals surface area contributed by atoms with Crippen molar-refractivity contribution >= 4 is 11.4 Å². The lowest BCUT2D eigenvalue weighted by Crippen LogP contribution is -2.09. The molecule has 0 aliphatic rings. The molecule has 0 saturated heterocycles. The van der Waals surface area contributed by atoms with Crippen LogP contribution in [0.4, 0.5) is 0 Å². The average molecular weight is 429 g/mol. The van der Waals surface area contributed by atoms with Crippen LogP contribution in [0, 0.1) is 0 Å². The number of ether oxygens (including phenoxy) is 1. The predicted molar refractivity (Wildman–Crippen MR) is 136 cm³/mol. The summed E-state index contributed by atoms with van der Waals surface area (Å²) in [6, 6.07) is 17.7. The molecule has 0 aliphatic heterocycles. The van der Waals surface area contributed by atoms with Gasteiger partial charge in [0.25, 0.3) is 0 Å². The Balaban J connectivity index is 2.28. The van der Waals surface area contributed by atoms with Crippen molar-refractivity contribution in [2.45, 2.75) is 26.7 Å². The molecule has 4 N–H and O–H groups in total. The predicted octanol–water partition coefficient (Wildman–Crippen LogP) is 5.51. The first-order valence-electron chi connectivity index (χ1n) is 10.4. The van der Waals surface area contributed by atoms with E-state index in [4.69, 9.17) is 21.2 Å². The molecule has 0 aliphatic carbocycles. The molecule has 2 aromatic carbocycles. The summed E-state index contributed by atoms with van der Waals surface area (Å²) in [6.45, 7) is 11.9. The van der Waals surface area contributed by atoms with Crippen molar-refractivity contribution in [2.75, 3.05) is 7.11 Å². The number of nitrogens with zero attached hydrogens (tertiary/aromatic N) is 2. The third-order valence-electron chi connectivity index (χ3n) is 4.77. The first kappa shape index (κ1) is 24.4. The zero-order chi connectivity index (χ0) is 23.5. The largest absolute Gasteiger partial charge is 0.497 e. The van der Waals surface area contributed by atoms with Crippen LogP contribution in [0.1, 0.15) is 37.8 Å². The van der Waals surface area contributed by atoms with Crippen molar-refractivity contribution < 1.29 is 4.74 Å². The minimum absolute atomic E-state index is 0.608. The highest BCUT2D eigenvalue weighted by atomic mass is 16.5. The quantitative estimate of drug-likeness (QED) is 0.490. The number of methoxy groups -OCH3 is 1. The number of aliphatic imine (C=N–C) groups is 2. The van der Waals surface area contributed by atoms with Crippen molar-refractivity contribution in [3.63, 3.8) is 0 Å². The second kappa shape index (κ2) is 12.1. The first-order valence-corrected chi connectivity index (χ1v) is 10.4. The van der Waals surface area contributed by atoms with Crippen LogP contribution in [0.3, 0.4) is 0 Å². The summed E-state index contributed by atoms with van der Waals surface area (Å²) in [4.78, 5) is 9.42. The van der Waals surface area contributed by atoms with E-state index >= 15 is 0 Å². The number of benzene rings is 2. The first-order chi connectivity index (χ1) is 15.4. The second-order valence-corrected chi connectivity index (χ2v) is 7.36. The van der Waals surface area contributed by atoms with E-state index < -0.39 is 0 Å². The fourth-order valence-electron chi connectivity index (χ4n) is 3.11. The van der Waals surface area contributed by atoms with Gasteiger partial charge in [0, 0.05) is 22.5 Å². The van der Waals surface area contributed by atoms with Gasteiger partial charge in [-0.25, -0.2) is 0 Å². The zero-order valence-corrected chi connectivity index (χ0v) is 19.1. The van der Waals surface area contributed by atoms with Gasteiger partial charge in [0.1, 0.15) is 5.75 Å². The summed E-state index contributed by atoms with van der Waals surface area (Å²) in [7, 11) is 1.64. The van der Waals surface area contributed by atoms with Crippen molar-refractivity contribution in [3.8, 4) is 5.75 Å². The SMILES string of the molecule is C=C(C)N=C(/C(=C\N)CCC(=C)N=C(/C(C)=C\N)c1cccc(OC)c1)c1ccccc1. The molecule has 0 radical (unpaired) electrons. The van der Waals surface area contributed by atoms with Crippen molar-refractivity contribution in [3.05, 3.63) is 114 Å². The highest BCUT2D eigenvalue weighted by molar-refractivity contribution is 6.13. The normalized spacial score (nSPS) is 13.1. The monoisotopic (exact) mass is 428 g/mol. The summed E-state index contributed by atoms with van der Waals surface area (Å²) in [5.41, 5.74) is 18.4. The summed E-state index contributed by atoms with van der Waals surface area (Å²) < 4.78 is 5.35. The Morgan fingerprint density at radius 1 is 0.875 bits per heavy atom. The van der Waals surface area contributed by atoms with E-state index in [-0.39, 0.29) is 0 Å². The van der Waals surface area contributed by atoms with Crippen LogP contribution >= 0.6 is 0 Å². The van der Waals surface area contributed by atoms with Gasteiger partial charge < -0.3 is 16.2 Å². The van der Waals surface area contributed by atoms with Gasteiger partial charge >= 0.3 is 0 Å². The summed E-state index contributed by atoms with van der Waals surface area (Å²) in [5, 5.41) is 0. The molecule has 0 spiro atoms. The molecule has 2 aromatic rings. The van der Waals surface area contributed by atoms with Crippen molar-refractivity contribution in [1.82, 2.24) is 0 Å². The Kier molecular flexibility index (Phi) is 9.23. The van der Waals surface area contributed by atoms with Crippen LogP contribution < -0.4 is 16.2 Å². The maximum absolute atomic E-state index is 5.99. The van der Waals surface area contributed by atoms with Crippen molar-refractivity contribution in [1.29, 1.82) is 0 Å². The lowest BCUT2D eigenvalue weighted by molar-refractivity contribution is 0.414. The molecule has 32 heavy (non-hydrogen) atoms. The molecular weight excluding hydrogens is 396 g/mol. The Bertz CT molecular complexity index is 1080. The van der Waals surface area contributed by atoms with Gasteiger partial charge in [-0.3, -0.25) is 9.98 Å². The van der Waals surface area contributed by atoms with E-state index in [1.807, 2.05) is 68.4 Å². The molecule has 166 valence electrons. The number of hydrogen-bond donors (Lipinski definition) is 2. The molecule has 5 nitrogen and oxygen atoms in total. The zero-order valence-electron chi connectivity index (χ0n) is 19.1. The number of allylic oxidation sites excluding steroid dienone is 4. The highest BCUT2D eigenvalue weighted by Crippen LogP contribution is 2.21.